The van der Waals surface area contributed by atoms with E-state index in [9.17, 15) is 4.39 Å². The third-order valence-corrected chi connectivity index (χ3v) is 1.95. The van der Waals surface area contributed by atoms with Crippen LogP contribution in [0, 0.1) is 5.82 Å². The van der Waals surface area contributed by atoms with Gasteiger partial charge in [0.25, 0.3) is 0 Å². The van der Waals surface area contributed by atoms with Gasteiger partial charge in [0, 0.05) is 17.5 Å². The second-order valence-electron chi connectivity index (χ2n) is 2.79. The second kappa shape index (κ2) is 3.87. The maximum absolute atomic E-state index is 12.8. The van der Waals surface area contributed by atoms with Crippen molar-refractivity contribution >= 4 is 11.6 Å². The first-order valence-corrected chi connectivity index (χ1v) is 4.08. The number of hydrogen-bond donors (Lipinski definition) is 1. The van der Waals surface area contributed by atoms with Gasteiger partial charge in [-0.1, -0.05) is 18.5 Å². The van der Waals surface area contributed by atoms with Crippen molar-refractivity contribution in [3.05, 3.63) is 34.6 Å². The molecule has 1 aromatic rings. The van der Waals surface area contributed by atoms with Gasteiger partial charge in [-0.2, -0.15) is 0 Å². The van der Waals surface area contributed by atoms with Gasteiger partial charge in [-0.15, -0.1) is 0 Å². The molecule has 1 atom stereocenters. The normalized spacial score (nSPS) is 13.0. The molecule has 0 bridgehead atoms. The highest BCUT2D eigenvalue weighted by molar-refractivity contribution is 6.30. The number of halogens is 2. The summed E-state index contributed by atoms with van der Waals surface area (Å²) in [6.07, 6.45) is 0. The molecule has 0 amide bonds. The fourth-order valence-electron chi connectivity index (χ4n) is 0.965. The summed E-state index contributed by atoms with van der Waals surface area (Å²) in [4.78, 5) is 0. The Balaban J connectivity index is 3.00. The van der Waals surface area contributed by atoms with Crippen molar-refractivity contribution in [3.63, 3.8) is 0 Å². The van der Waals surface area contributed by atoms with Gasteiger partial charge < -0.3 is 5.11 Å². The molecule has 1 rings (SSSR count). The van der Waals surface area contributed by atoms with Gasteiger partial charge in [0.15, 0.2) is 0 Å². The van der Waals surface area contributed by atoms with Crippen LogP contribution in [-0.4, -0.2) is 11.7 Å². The fraction of sp³-hybridized carbons (Fsp3) is 0.333. The van der Waals surface area contributed by atoms with Crippen LogP contribution in [0.4, 0.5) is 4.39 Å². The fourth-order valence-corrected chi connectivity index (χ4v) is 1.20. The zero-order valence-electron chi connectivity index (χ0n) is 6.72. The number of benzene rings is 1. The minimum absolute atomic E-state index is 0.000216. The molecule has 0 fully saturated rings. The van der Waals surface area contributed by atoms with Gasteiger partial charge in [-0.3, -0.25) is 0 Å². The lowest BCUT2D eigenvalue weighted by atomic mass is 10.0. The van der Waals surface area contributed by atoms with Crippen LogP contribution in [0.2, 0.25) is 5.02 Å². The third kappa shape index (κ3) is 2.19. The standard InChI is InChI=1S/C9H10ClFO/c1-6(5-12)7-2-8(10)4-9(11)3-7/h2-4,6,12H,5H2,1H3. The second-order valence-corrected chi connectivity index (χ2v) is 3.22. The first kappa shape index (κ1) is 9.49. The van der Waals surface area contributed by atoms with E-state index < -0.39 is 0 Å². The van der Waals surface area contributed by atoms with Crippen LogP contribution in [0.1, 0.15) is 18.4 Å². The van der Waals surface area contributed by atoms with Gasteiger partial charge >= 0.3 is 0 Å². The minimum Gasteiger partial charge on any atom is -0.396 e. The number of hydrogen-bond acceptors (Lipinski definition) is 1. The Morgan fingerprint density at radius 3 is 2.67 bits per heavy atom. The number of aliphatic hydroxyl groups excluding tert-OH is 1. The van der Waals surface area contributed by atoms with E-state index in [1.165, 1.54) is 12.1 Å². The van der Waals surface area contributed by atoms with E-state index in [-0.39, 0.29) is 18.3 Å². The van der Waals surface area contributed by atoms with Crippen LogP contribution in [-0.2, 0) is 0 Å². The smallest absolute Gasteiger partial charge is 0.124 e. The molecule has 66 valence electrons. The lowest BCUT2D eigenvalue weighted by Gasteiger charge is -2.08. The zero-order valence-corrected chi connectivity index (χ0v) is 7.48. The summed E-state index contributed by atoms with van der Waals surface area (Å²) in [6, 6.07) is 4.29. The molecular weight excluding hydrogens is 179 g/mol. The third-order valence-electron chi connectivity index (χ3n) is 1.73. The molecule has 1 aromatic carbocycles. The summed E-state index contributed by atoms with van der Waals surface area (Å²) in [5, 5.41) is 9.17. The van der Waals surface area contributed by atoms with Crippen LogP contribution in [0.25, 0.3) is 0 Å². The highest BCUT2D eigenvalue weighted by Crippen LogP contribution is 2.20. The quantitative estimate of drug-likeness (QED) is 0.757. The van der Waals surface area contributed by atoms with E-state index in [0.29, 0.717) is 5.02 Å². The van der Waals surface area contributed by atoms with E-state index in [1.54, 1.807) is 6.07 Å². The number of rotatable bonds is 2. The van der Waals surface area contributed by atoms with Crippen molar-refractivity contribution in [2.75, 3.05) is 6.61 Å². The predicted octanol–water partition coefficient (Wildman–Crippen LogP) is 2.57. The lowest BCUT2D eigenvalue weighted by molar-refractivity contribution is 0.273. The summed E-state index contributed by atoms with van der Waals surface area (Å²) < 4.78 is 12.8. The first-order valence-electron chi connectivity index (χ1n) is 3.70. The van der Waals surface area contributed by atoms with Crippen LogP contribution < -0.4 is 0 Å². The molecular formula is C9H10ClFO. The van der Waals surface area contributed by atoms with E-state index >= 15 is 0 Å². The van der Waals surface area contributed by atoms with E-state index in [2.05, 4.69) is 0 Å². The first-order chi connectivity index (χ1) is 5.63. The molecule has 0 saturated carbocycles. The van der Waals surface area contributed by atoms with Crippen molar-refractivity contribution in [2.24, 2.45) is 0 Å². The average Bonchev–Trinajstić information content (AvgIpc) is 2.01. The summed E-state index contributed by atoms with van der Waals surface area (Å²) >= 11 is 5.63. The topological polar surface area (TPSA) is 20.2 Å². The largest absolute Gasteiger partial charge is 0.396 e. The molecule has 0 aliphatic rings. The van der Waals surface area contributed by atoms with E-state index in [1.807, 2.05) is 6.92 Å². The van der Waals surface area contributed by atoms with Gasteiger partial charge in [0.05, 0.1) is 0 Å². The molecule has 0 saturated heterocycles. The van der Waals surface area contributed by atoms with Crippen LogP contribution >= 0.6 is 11.6 Å². The molecule has 0 radical (unpaired) electrons. The van der Waals surface area contributed by atoms with Gasteiger partial charge in [0.1, 0.15) is 5.82 Å². The molecule has 12 heavy (non-hydrogen) atoms. The predicted molar refractivity (Wildman–Crippen MR) is 46.9 cm³/mol. The van der Waals surface area contributed by atoms with Crippen LogP contribution in [0.5, 0.6) is 0 Å². The molecule has 3 heteroatoms. The molecule has 1 nitrogen and oxygen atoms in total. The monoisotopic (exact) mass is 188 g/mol. The van der Waals surface area contributed by atoms with Crippen molar-refractivity contribution in [1.29, 1.82) is 0 Å². The van der Waals surface area contributed by atoms with Gasteiger partial charge in [-0.05, 0) is 23.8 Å². The Morgan fingerprint density at radius 2 is 2.17 bits per heavy atom. The summed E-state index contributed by atoms with van der Waals surface area (Å²) in [5.74, 6) is -0.434. The number of aliphatic hydroxyl groups is 1. The Labute approximate surface area is 75.8 Å². The van der Waals surface area contributed by atoms with Gasteiger partial charge in [-0.25, -0.2) is 4.39 Å². The van der Waals surface area contributed by atoms with Crippen molar-refractivity contribution in [2.45, 2.75) is 12.8 Å². The van der Waals surface area contributed by atoms with Crippen LogP contribution in [0.3, 0.4) is 0 Å². The highest BCUT2D eigenvalue weighted by atomic mass is 35.5. The SMILES string of the molecule is CC(CO)c1cc(F)cc(Cl)c1. The Kier molecular flexibility index (Phi) is 3.06. The average molecular weight is 189 g/mol. The molecule has 1 N–H and O–H groups in total. The van der Waals surface area contributed by atoms with Gasteiger partial charge in [0.2, 0.25) is 0 Å². The summed E-state index contributed by atoms with van der Waals surface area (Å²) in [5.41, 5.74) is 0.725. The van der Waals surface area contributed by atoms with Crippen molar-refractivity contribution < 1.29 is 9.50 Å². The lowest BCUT2D eigenvalue weighted by Crippen LogP contribution is -1.99. The molecule has 0 aliphatic heterocycles. The van der Waals surface area contributed by atoms with Crippen LogP contribution in [0.15, 0.2) is 18.2 Å². The molecule has 0 aliphatic carbocycles. The Hall–Kier alpha value is -0.600. The molecule has 1 unspecified atom stereocenters. The van der Waals surface area contributed by atoms with Crippen molar-refractivity contribution in [3.8, 4) is 0 Å². The minimum atomic E-state index is -0.363. The maximum Gasteiger partial charge on any atom is 0.124 e. The molecule has 0 spiro atoms. The maximum atomic E-state index is 12.8. The summed E-state index contributed by atoms with van der Waals surface area (Å²) in [6.45, 7) is 1.81. The Bertz CT molecular complexity index is 255. The van der Waals surface area contributed by atoms with E-state index in [0.717, 1.165) is 5.56 Å². The Morgan fingerprint density at radius 1 is 1.50 bits per heavy atom. The zero-order chi connectivity index (χ0) is 9.14. The van der Waals surface area contributed by atoms with E-state index in [4.69, 9.17) is 16.7 Å². The molecule has 0 aromatic heterocycles. The van der Waals surface area contributed by atoms with Crippen molar-refractivity contribution in [1.82, 2.24) is 0 Å². The highest BCUT2D eigenvalue weighted by Gasteiger charge is 2.06. The summed E-state index contributed by atoms with van der Waals surface area (Å²) in [7, 11) is 0. The molecule has 0 heterocycles.